The highest BCUT2D eigenvalue weighted by Gasteiger charge is 2.10. The number of hydrogen-bond acceptors (Lipinski definition) is 5. The van der Waals surface area contributed by atoms with Gasteiger partial charge >= 0.3 is 0 Å². The van der Waals surface area contributed by atoms with Gasteiger partial charge in [-0.25, -0.2) is 0 Å². The topological polar surface area (TPSA) is 64.3 Å². The average molecular weight is 331 g/mol. The first-order chi connectivity index (χ1) is 12.3. The Bertz CT molecular complexity index is 997. The molecule has 0 amide bonds. The number of tetrazole rings is 1. The molecule has 0 spiro atoms. The van der Waals surface area contributed by atoms with Gasteiger partial charge in [-0.05, 0) is 34.2 Å². The van der Waals surface area contributed by atoms with Gasteiger partial charge in [0.2, 0.25) is 0 Å². The number of para-hydroxylation sites is 2. The smallest absolute Gasteiger partial charge is 0.184 e. The van der Waals surface area contributed by atoms with Crippen molar-refractivity contribution in [3.63, 3.8) is 0 Å². The van der Waals surface area contributed by atoms with Crippen molar-refractivity contribution in [3.05, 3.63) is 72.4 Å². The molecule has 0 saturated carbocycles. The van der Waals surface area contributed by atoms with Crippen LogP contribution in [0.2, 0.25) is 0 Å². The fraction of sp³-hybridized carbons (Fsp3) is 0.105. The Labute approximate surface area is 145 Å². The van der Waals surface area contributed by atoms with Crippen LogP contribution in [-0.2, 0) is 6.54 Å². The lowest BCUT2D eigenvalue weighted by Gasteiger charge is -2.12. The van der Waals surface area contributed by atoms with Crippen molar-refractivity contribution >= 4 is 11.3 Å². The monoisotopic (exact) mass is 331 g/mol. The van der Waals surface area contributed by atoms with E-state index in [1.54, 1.807) is 11.6 Å². The number of benzene rings is 2. The Morgan fingerprint density at radius 2 is 1.80 bits per heavy atom. The maximum Gasteiger partial charge on any atom is 0.184 e. The lowest BCUT2D eigenvalue weighted by Crippen LogP contribution is -2.04. The van der Waals surface area contributed by atoms with Gasteiger partial charge in [-0.3, -0.25) is 0 Å². The second kappa shape index (κ2) is 6.60. The molecule has 4 aromatic rings. The molecular formula is C19H17N5O. The number of anilines is 1. The Kier molecular flexibility index (Phi) is 4.00. The molecule has 2 aromatic carbocycles. The van der Waals surface area contributed by atoms with Crippen LogP contribution in [0.1, 0.15) is 5.56 Å². The van der Waals surface area contributed by atoms with E-state index in [1.165, 1.54) is 0 Å². The first-order valence-electron chi connectivity index (χ1n) is 7.98. The molecule has 6 heteroatoms. The molecule has 6 nitrogen and oxygen atoms in total. The maximum atomic E-state index is 5.39. The molecule has 1 N–H and O–H groups in total. The Morgan fingerprint density at radius 3 is 2.64 bits per heavy atom. The van der Waals surface area contributed by atoms with E-state index < -0.39 is 0 Å². The molecule has 124 valence electrons. The highest BCUT2D eigenvalue weighted by molar-refractivity contribution is 5.67. The van der Waals surface area contributed by atoms with E-state index >= 15 is 0 Å². The Balaban J connectivity index is 1.70. The van der Waals surface area contributed by atoms with Crippen LogP contribution >= 0.6 is 0 Å². The highest BCUT2D eigenvalue weighted by atomic mass is 16.5. The van der Waals surface area contributed by atoms with Gasteiger partial charge in [0.25, 0.3) is 0 Å². The molecule has 4 rings (SSSR count). The molecule has 0 aliphatic rings. The predicted molar refractivity (Wildman–Crippen MR) is 96.5 cm³/mol. The van der Waals surface area contributed by atoms with E-state index in [1.807, 2.05) is 48.7 Å². The SMILES string of the molecule is COc1ccccc1NCc1cc(-c2ccccc2)cn2nnnc12. The molecule has 0 fully saturated rings. The van der Waals surface area contributed by atoms with E-state index in [4.69, 9.17) is 4.74 Å². The normalized spacial score (nSPS) is 10.8. The maximum absolute atomic E-state index is 5.39. The number of nitrogens with one attached hydrogen (secondary N) is 1. The molecule has 2 heterocycles. The zero-order valence-corrected chi connectivity index (χ0v) is 13.8. The summed E-state index contributed by atoms with van der Waals surface area (Å²) in [6.07, 6.45) is 1.94. The van der Waals surface area contributed by atoms with Crippen molar-refractivity contribution in [1.29, 1.82) is 0 Å². The van der Waals surface area contributed by atoms with Crippen LogP contribution < -0.4 is 10.1 Å². The molecule has 0 saturated heterocycles. The summed E-state index contributed by atoms with van der Waals surface area (Å²) < 4.78 is 7.10. The van der Waals surface area contributed by atoms with Gasteiger partial charge in [0.15, 0.2) is 5.65 Å². The minimum Gasteiger partial charge on any atom is -0.495 e. The zero-order valence-electron chi connectivity index (χ0n) is 13.8. The summed E-state index contributed by atoms with van der Waals surface area (Å²) in [7, 11) is 1.66. The van der Waals surface area contributed by atoms with Gasteiger partial charge in [0.1, 0.15) is 5.75 Å². The first-order valence-corrected chi connectivity index (χ1v) is 7.98. The molecule has 0 radical (unpaired) electrons. The van der Waals surface area contributed by atoms with Gasteiger partial charge in [-0.1, -0.05) is 42.5 Å². The van der Waals surface area contributed by atoms with Crippen LogP contribution in [0, 0.1) is 0 Å². The van der Waals surface area contributed by atoms with Crippen LogP contribution in [0.3, 0.4) is 0 Å². The summed E-state index contributed by atoms with van der Waals surface area (Å²) >= 11 is 0. The molecule has 0 bridgehead atoms. The summed E-state index contributed by atoms with van der Waals surface area (Å²) in [4.78, 5) is 0. The van der Waals surface area contributed by atoms with E-state index in [0.29, 0.717) is 6.54 Å². The second-order valence-electron chi connectivity index (χ2n) is 5.62. The molecule has 2 aromatic heterocycles. The summed E-state index contributed by atoms with van der Waals surface area (Å²) in [5, 5.41) is 15.4. The van der Waals surface area contributed by atoms with Crippen molar-refractivity contribution in [2.24, 2.45) is 0 Å². The summed E-state index contributed by atoms with van der Waals surface area (Å²) in [6, 6.07) is 20.1. The van der Waals surface area contributed by atoms with Crippen molar-refractivity contribution in [2.75, 3.05) is 12.4 Å². The second-order valence-corrected chi connectivity index (χ2v) is 5.62. The van der Waals surface area contributed by atoms with Crippen LogP contribution in [0.5, 0.6) is 5.75 Å². The molecule has 0 atom stereocenters. The van der Waals surface area contributed by atoms with E-state index in [9.17, 15) is 0 Å². The van der Waals surface area contributed by atoms with E-state index in [0.717, 1.165) is 33.8 Å². The number of pyridine rings is 1. The molecule has 25 heavy (non-hydrogen) atoms. The summed E-state index contributed by atoms with van der Waals surface area (Å²) in [5.74, 6) is 0.803. The minimum atomic E-state index is 0.588. The van der Waals surface area contributed by atoms with Gasteiger partial charge in [0.05, 0.1) is 12.8 Å². The van der Waals surface area contributed by atoms with E-state index in [-0.39, 0.29) is 0 Å². The largest absolute Gasteiger partial charge is 0.495 e. The lowest BCUT2D eigenvalue weighted by atomic mass is 10.1. The van der Waals surface area contributed by atoms with Crippen molar-refractivity contribution in [3.8, 4) is 16.9 Å². The highest BCUT2D eigenvalue weighted by Crippen LogP contribution is 2.26. The van der Waals surface area contributed by atoms with E-state index in [2.05, 4.69) is 39.0 Å². The predicted octanol–water partition coefficient (Wildman–Crippen LogP) is 3.41. The van der Waals surface area contributed by atoms with Gasteiger partial charge < -0.3 is 10.1 Å². The lowest BCUT2D eigenvalue weighted by molar-refractivity contribution is 0.416. The third kappa shape index (κ3) is 3.01. The molecule has 0 unspecified atom stereocenters. The van der Waals surface area contributed by atoms with Crippen molar-refractivity contribution in [1.82, 2.24) is 20.0 Å². The zero-order chi connectivity index (χ0) is 17.1. The molecule has 0 aliphatic heterocycles. The third-order valence-electron chi connectivity index (χ3n) is 4.05. The fourth-order valence-corrected chi connectivity index (χ4v) is 2.81. The van der Waals surface area contributed by atoms with Crippen LogP contribution in [0.15, 0.2) is 66.9 Å². The standard InChI is InChI=1S/C19H17N5O/c1-25-18-10-6-5-9-17(18)20-12-15-11-16(14-7-3-2-4-8-14)13-24-19(15)21-22-23-24/h2-11,13,20H,12H2,1H3. The van der Waals surface area contributed by atoms with Crippen molar-refractivity contribution < 1.29 is 4.74 Å². The Morgan fingerprint density at radius 1 is 1.00 bits per heavy atom. The number of aromatic nitrogens is 4. The number of hydrogen-bond donors (Lipinski definition) is 1. The quantitative estimate of drug-likeness (QED) is 0.607. The number of methoxy groups -OCH3 is 1. The molecule has 0 aliphatic carbocycles. The molecular weight excluding hydrogens is 314 g/mol. The van der Waals surface area contributed by atoms with Gasteiger partial charge in [-0.15, -0.1) is 5.10 Å². The number of rotatable bonds is 5. The minimum absolute atomic E-state index is 0.588. The number of ether oxygens (including phenoxy) is 1. The van der Waals surface area contributed by atoms with Gasteiger partial charge in [0, 0.05) is 23.9 Å². The van der Waals surface area contributed by atoms with Crippen molar-refractivity contribution in [2.45, 2.75) is 6.54 Å². The van der Waals surface area contributed by atoms with Crippen LogP contribution in [0.4, 0.5) is 5.69 Å². The third-order valence-corrected chi connectivity index (χ3v) is 4.05. The average Bonchev–Trinajstić information content (AvgIpc) is 3.15. The number of nitrogens with zero attached hydrogens (tertiary/aromatic N) is 4. The van der Waals surface area contributed by atoms with Crippen LogP contribution in [-0.4, -0.2) is 27.2 Å². The van der Waals surface area contributed by atoms with Gasteiger partial charge in [-0.2, -0.15) is 4.52 Å². The Hall–Kier alpha value is -3.41. The number of fused-ring (bicyclic) bond motifs is 1. The first kappa shape index (κ1) is 15.1. The fourth-order valence-electron chi connectivity index (χ4n) is 2.81. The van der Waals surface area contributed by atoms with Crippen LogP contribution in [0.25, 0.3) is 16.8 Å². The summed E-state index contributed by atoms with van der Waals surface area (Å²) in [6.45, 7) is 0.588. The summed E-state index contributed by atoms with van der Waals surface area (Å²) in [5.41, 5.74) is 4.87.